The van der Waals surface area contributed by atoms with Crippen LogP contribution in [0, 0.1) is 6.92 Å². The Morgan fingerprint density at radius 3 is 2.67 bits per heavy atom. The average molecular weight is 397 g/mol. The van der Waals surface area contributed by atoms with Gasteiger partial charge in [-0.05, 0) is 41.1 Å². The summed E-state index contributed by atoms with van der Waals surface area (Å²) in [6.07, 6.45) is 0. The molecule has 0 radical (unpaired) electrons. The molecular formula is C9H7Br2N3O3S. The second kappa shape index (κ2) is 4.98. The Morgan fingerprint density at radius 2 is 2.06 bits per heavy atom. The van der Waals surface area contributed by atoms with E-state index < -0.39 is 10.0 Å². The molecule has 2 rings (SSSR count). The number of nitrogens with one attached hydrogen (secondary N) is 1. The number of benzene rings is 1. The van der Waals surface area contributed by atoms with Crippen LogP contribution in [0.25, 0.3) is 0 Å². The van der Waals surface area contributed by atoms with E-state index in [0.29, 0.717) is 14.8 Å². The molecule has 0 aliphatic rings. The predicted molar refractivity (Wildman–Crippen MR) is 71.7 cm³/mol. The lowest BCUT2D eigenvalue weighted by Crippen LogP contribution is -2.13. The summed E-state index contributed by atoms with van der Waals surface area (Å²) in [6.45, 7) is 1.59. The van der Waals surface area contributed by atoms with Crippen molar-refractivity contribution in [1.29, 1.82) is 0 Å². The summed E-state index contributed by atoms with van der Waals surface area (Å²) in [4.78, 5) is 3.85. The number of halogens is 2. The molecule has 1 N–H and O–H groups in total. The first kappa shape index (κ1) is 13.5. The van der Waals surface area contributed by atoms with Crippen molar-refractivity contribution in [3.8, 4) is 0 Å². The molecule has 0 unspecified atom stereocenters. The van der Waals surface area contributed by atoms with Gasteiger partial charge in [0.25, 0.3) is 10.0 Å². The third-order valence-electron chi connectivity index (χ3n) is 1.93. The highest BCUT2D eigenvalue weighted by Gasteiger charge is 2.20. The third-order valence-corrected chi connectivity index (χ3v) is 4.74. The number of hydrogen-bond acceptors (Lipinski definition) is 5. The van der Waals surface area contributed by atoms with Gasteiger partial charge in [-0.3, -0.25) is 0 Å². The molecule has 1 aromatic heterocycles. The van der Waals surface area contributed by atoms with Gasteiger partial charge in [0.05, 0.1) is 0 Å². The van der Waals surface area contributed by atoms with Crippen LogP contribution in [0.4, 0.5) is 6.01 Å². The van der Waals surface area contributed by atoms with E-state index in [0.717, 1.165) is 0 Å². The van der Waals surface area contributed by atoms with Gasteiger partial charge >= 0.3 is 6.01 Å². The van der Waals surface area contributed by atoms with E-state index >= 15 is 0 Å². The monoisotopic (exact) mass is 395 g/mol. The molecule has 0 amide bonds. The molecule has 9 heteroatoms. The van der Waals surface area contributed by atoms with Crippen molar-refractivity contribution in [2.75, 3.05) is 4.72 Å². The van der Waals surface area contributed by atoms with Crippen LogP contribution in [0.3, 0.4) is 0 Å². The summed E-state index contributed by atoms with van der Waals surface area (Å²) in [6, 6.07) is 4.65. The zero-order valence-electron chi connectivity index (χ0n) is 9.02. The lowest BCUT2D eigenvalue weighted by molar-refractivity contribution is 0.429. The van der Waals surface area contributed by atoms with E-state index in [1.54, 1.807) is 19.1 Å². The van der Waals surface area contributed by atoms with Gasteiger partial charge in [0, 0.05) is 8.95 Å². The molecule has 0 spiro atoms. The van der Waals surface area contributed by atoms with Gasteiger partial charge in [-0.25, -0.2) is 13.1 Å². The van der Waals surface area contributed by atoms with Crippen molar-refractivity contribution in [2.24, 2.45) is 0 Å². The van der Waals surface area contributed by atoms with E-state index in [-0.39, 0.29) is 10.9 Å². The number of sulfonamides is 1. The molecule has 0 saturated carbocycles. The average Bonchev–Trinajstić information content (AvgIpc) is 2.66. The number of rotatable bonds is 3. The van der Waals surface area contributed by atoms with Crippen LogP contribution in [-0.4, -0.2) is 18.6 Å². The van der Waals surface area contributed by atoms with Crippen molar-refractivity contribution >= 4 is 47.9 Å². The summed E-state index contributed by atoms with van der Waals surface area (Å²) in [5.74, 6) is 0.348. The topological polar surface area (TPSA) is 85.1 Å². The zero-order valence-corrected chi connectivity index (χ0v) is 13.0. The Hall–Kier alpha value is -0.930. The van der Waals surface area contributed by atoms with Gasteiger partial charge in [-0.15, -0.1) is 0 Å². The molecule has 0 bridgehead atoms. The minimum atomic E-state index is -3.78. The fraction of sp³-hybridized carbons (Fsp3) is 0.111. The second-order valence-electron chi connectivity index (χ2n) is 3.33. The van der Waals surface area contributed by atoms with E-state index in [2.05, 4.69) is 46.7 Å². The zero-order chi connectivity index (χ0) is 13.3. The molecule has 0 fully saturated rings. The van der Waals surface area contributed by atoms with E-state index in [1.165, 1.54) is 6.07 Å². The fourth-order valence-electron chi connectivity index (χ4n) is 1.19. The number of aromatic nitrogens is 2. The summed E-state index contributed by atoms with van der Waals surface area (Å²) in [7, 11) is -3.78. The molecule has 18 heavy (non-hydrogen) atoms. The Labute approximate surface area is 120 Å². The van der Waals surface area contributed by atoms with Crippen LogP contribution >= 0.6 is 31.9 Å². The molecule has 0 aliphatic carbocycles. The SMILES string of the molecule is Cc1noc(NS(=O)(=O)c2cc(Br)ccc2Br)n1. The highest BCUT2D eigenvalue weighted by Crippen LogP contribution is 2.26. The summed E-state index contributed by atoms with van der Waals surface area (Å²) >= 11 is 6.39. The lowest BCUT2D eigenvalue weighted by atomic mass is 10.4. The quantitative estimate of drug-likeness (QED) is 0.861. The maximum Gasteiger partial charge on any atom is 0.335 e. The first-order valence-electron chi connectivity index (χ1n) is 4.67. The van der Waals surface area contributed by atoms with Gasteiger partial charge in [-0.2, -0.15) is 4.98 Å². The molecule has 0 atom stereocenters. The van der Waals surface area contributed by atoms with E-state index in [1.807, 2.05) is 0 Å². The van der Waals surface area contributed by atoms with Gasteiger partial charge < -0.3 is 4.52 Å². The van der Waals surface area contributed by atoms with Gasteiger partial charge in [-0.1, -0.05) is 21.1 Å². The lowest BCUT2D eigenvalue weighted by Gasteiger charge is -2.06. The summed E-state index contributed by atoms with van der Waals surface area (Å²) in [5, 5.41) is 3.50. The maximum absolute atomic E-state index is 12.1. The van der Waals surface area contributed by atoms with Crippen molar-refractivity contribution in [3.05, 3.63) is 33.0 Å². The van der Waals surface area contributed by atoms with Gasteiger partial charge in [0.15, 0.2) is 5.82 Å². The first-order chi connectivity index (χ1) is 8.38. The minimum absolute atomic E-state index is 0.0766. The van der Waals surface area contributed by atoms with E-state index in [4.69, 9.17) is 4.52 Å². The highest BCUT2D eigenvalue weighted by atomic mass is 79.9. The number of anilines is 1. The van der Waals surface area contributed by atoms with Crippen molar-refractivity contribution < 1.29 is 12.9 Å². The van der Waals surface area contributed by atoms with Crippen LogP contribution in [0.5, 0.6) is 0 Å². The second-order valence-corrected chi connectivity index (χ2v) is 6.75. The van der Waals surface area contributed by atoms with Crippen LogP contribution in [0.2, 0.25) is 0 Å². The molecule has 2 aromatic rings. The maximum atomic E-state index is 12.1. The molecular weight excluding hydrogens is 390 g/mol. The summed E-state index contributed by atoms with van der Waals surface area (Å²) < 4.78 is 32.2. The first-order valence-corrected chi connectivity index (χ1v) is 7.73. The van der Waals surface area contributed by atoms with Crippen molar-refractivity contribution in [3.63, 3.8) is 0 Å². The van der Waals surface area contributed by atoms with Gasteiger partial charge in [0.1, 0.15) is 4.90 Å². The van der Waals surface area contributed by atoms with Crippen LogP contribution < -0.4 is 4.72 Å². The van der Waals surface area contributed by atoms with Crippen LogP contribution in [0.1, 0.15) is 5.82 Å². The Bertz CT molecular complexity index is 684. The predicted octanol–water partition coefficient (Wildman–Crippen LogP) is 2.70. The molecule has 96 valence electrons. The smallest absolute Gasteiger partial charge is 0.314 e. The van der Waals surface area contributed by atoms with Crippen molar-refractivity contribution in [2.45, 2.75) is 11.8 Å². The molecule has 0 aliphatic heterocycles. The van der Waals surface area contributed by atoms with E-state index in [9.17, 15) is 8.42 Å². The molecule has 1 heterocycles. The van der Waals surface area contributed by atoms with Gasteiger partial charge in [0.2, 0.25) is 0 Å². The molecule has 0 saturated heterocycles. The normalized spacial score (nSPS) is 11.5. The number of nitrogens with zero attached hydrogens (tertiary/aromatic N) is 2. The number of aryl methyl sites for hydroxylation is 1. The van der Waals surface area contributed by atoms with Crippen molar-refractivity contribution in [1.82, 2.24) is 10.1 Å². The Kier molecular flexibility index (Phi) is 3.74. The molecule has 1 aromatic carbocycles. The highest BCUT2D eigenvalue weighted by molar-refractivity contribution is 9.11. The standard InChI is InChI=1S/C9H7Br2N3O3S/c1-5-12-9(17-13-5)14-18(15,16)8-4-6(10)2-3-7(8)11/h2-4H,1H3,(H,12,13,14). The Balaban J connectivity index is 2.39. The van der Waals surface area contributed by atoms with Crippen LogP contribution in [-0.2, 0) is 10.0 Å². The Morgan fingerprint density at radius 1 is 1.33 bits per heavy atom. The molecule has 6 nitrogen and oxygen atoms in total. The largest absolute Gasteiger partial charge is 0.335 e. The fourth-order valence-corrected chi connectivity index (χ4v) is 3.62. The third kappa shape index (κ3) is 2.90. The van der Waals surface area contributed by atoms with Crippen LogP contribution in [0.15, 0.2) is 36.6 Å². The minimum Gasteiger partial charge on any atom is -0.314 e. The summed E-state index contributed by atoms with van der Waals surface area (Å²) in [5.41, 5.74) is 0. The number of hydrogen-bond donors (Lipinski definition) is 1.